The predicted molar refractivity (Wildman–Crippen MR) is 117 cm³/mol. The first-order valence-electron chi connectivity index (χ1n) is 9.53. The Labute approximate surface area is 180 Å². The largest absolute Gasteiger partial charge is 0.497 e. The van der Waals surface area contributed by atoms with Gasteiger partial charge >= 0.3 is 0 Å². The van der Waals surface area contributed by atoms with Crippen LogP contribution in [-0.4, -0.2) is 38.3 Å². The molecule has 156 valence electrons. The molecule has 1 heterocycles. The molecule has 1 aliphatic rings. The first kappa shape index (κ1) is 21.8. The van der Waals surface area contributed by atoms with E-state index >= 15 is 0 Å². The fourth-order valence-corrected chi connectivity index (χ4v) is 5.47. The molecule has 1 amide bonds. The van der Waals surface area contributed by atoms with Gasteiger partial charge in [-0.15, -0.1) is 0 Å². The van der Waals surface area contributed by atoms with Crippen molar-refractivity contribution < 1.29 is 17.9 Å². The third-order valence-corrected chi connectivity index (χ3v) is 7.96. The minimum atomic E-state index is -3.68. The highest BCUT2D eigenvalue weighted by atomic mass is 79.9. The van der Waals surface area contributed by atoms with Gasteiger partial charge in [-0.25, -0.2) is 8.42 Å². The summed E-state index contributed by atoms with van der Waals surface area (Å²) in [5, 5.41) is 2.89. The SMILES string of the molecule is COc1ccc(S(=O)(=O)N2CCCC[C@H]2CC(=O)Nc2ccc(Br)c(C)c2)cc1. The van der Waals surface area contributed by atoms with Gasteiger partial charge in [0.15, 0.2) is 0 Å². The Morgan fingerprint density at radius 2 is 1.93 bits per heavy atom. The van der Waals surface area contributed by atoms with Crippen molar-refractivity contribution in [3.63, 3.8) is 0 Å². The van der Waals surface area contributed by atoms with E-state index < -0.39 is 10.0 Å². The first-order chi connectivity index (χ1) is 13.8. The third kappa shape index (κ3) is 5.18. The van der Waals surface area contributed by atoms with Crippen LogP contribution in [0.25, 0.3) is 0 Å². The average Bonchev–Trinajstić information content (AvgIpc) is 2.71. The minimum absolute atomic E-state index is 0.129. The third-order valence-electron chi connectivity index (χ3n) is 5.10. The number of anilines is 1. The number of carbonyl (C=O) groups is 1. The summed E-state index contributed by atoms with van der Waals surface area (Å²) in [6.07, 6.45) is 2.50. The molecule has 3 rings (SSSR count). The van der Waals surface area contributed by atoms with Crippen LogP contribution in [0.2, 0.25) is 0 Å². The van der Waals surface area contributed by atoms with Gasteiger partial charge in [-0.2, -0.15) is 4.31 Å². The lowest BCUT2D eigenvalue weighted by Gasteiger charge is -2.34. The normalized spacial score (nSPS) is 17.7. The Balaban J connectivity index is 1.74. The number of hydrogen-bond acceptors (Lipinski definition) is 4. The van der Waals surface area contributed by atoms with Crippen molar-refractivity contribution in [3.8, 4) is 5.75 Å². The zero-order valence-corrected chi connectivity index (χ0v) is 18.9. The Bertz CT molecular complexity index is 977. The number of sulfonamides is 1. The molecule has 2 aromatic rings. The summed E-state index contributed by atoms with van der Waals surface area (Å²) in [5.41, 5.74) is 1.72. The number of hydrogen-bond donors (Lipinski definition) is 1. The van der Waals surface area contributed by atoms with Crippen molar-refractivity contribution in [2.45, 2.75) is 43.5 Å². The smallest absolute Gasteiger partial charge is 0.243 e. The summed E-state index contributed by atoms with van der Waals surface area (Å²) in [4.78, 5) is 12.8. The molecule has 0 radical (unpaired) electrons. The number of nitrogens with one attached hydrogen (secondary N) is 1. The highest BCUT2D eigenvalue weighted by molar-refractivity contribution is 9.10. The topological polar surface area (TPSA) is 75.7 Å². The van der Waals surface area contributed by atoms with E-state index in [-0.39, 0.29) is 23.3 Å². The molecule has 0 spiro atoms. The molecule has 0 aliphatic carbocycles. The van der Waals surface area contributed by atoms with E-state index in [0.29, 0.717) is 24.4 Å². The minimum Gasteiger partial charge on any atom is -0.497 e. The van der Waals surface area contributed by atoms with Gasteiger partial charge in [0.1, 0.15) is 5.75 Å². The lowest BCUT2D eigenvalue weighted by atomic mass is 10.0. The van der Waals surface area contributed by atoms with Crippen LogP contribution in [0.5, 0.6) is 5.75 Å². The number of piperidine rings is 1. The Morgan fingerprint density at radius 1 is 1.21 bits per heavy atom. The summed E-state index contributed by atoms with van der Waals surface area (Å²) in [5.74, 6) is 0.414. The van der Waals surface area contributed by atoms with Crippen molar-refractivity contribution in [2.75, 3.05) is 19.0 Å². The summed E-state index contributed by atoms with van der Waals surface area (Å²) in [6, 6.07) is 11.6. The van der Waals surface area contributed by atoms with Crippen LogP contribution in [0.1, 0.15) is 31.2 Å². The van der Waals surface area contributed by atoms with Crippen molar-refractivity contribution in [1.82, 2.24) is 4.31 Å². The average molecular weight is 481 g/mol. The standard InChI is InChI=1S/C21H25BrN2O4S/c1-15-13-16(6-11-20(15)22)23-21(25)14-17-5-3-4-12-24(17)29(26,27)19-9-7-18(28-2)8-10-19/h6-11,13,17H,3-5,12,14H2,1-2H3,(H,23,25)/t17-/m0/s1. The van der Waals surface area contributed by atoms with Crippen molar-refractivity contribution >= 4 is 37.5 Å². The van der Waals surface area contributed by atoms with Crippen LogP contribution >= 0.6 is 15.9 Å². The number of benzene rings is 2. The lowest BCUT2D eigenvalue weighted by molar-refractivity contribution is -0.117. The fraction of sp³-hybridized carbons (Fsp3) is 0.381. The second kappa shape index (κ2) is 9.28. The second-order valence-corrected chi connectivity index (χ2v) is 9.90. The van der Waals surface area contributed by atoms with Crippen molar-refractivity contribution in [2.24, 2.45) is 0 Å². The maximum Gasteiger partial charge on any atom is 0.243 e. The van der Waals surface area contributed by atoms with E-state index in [1.54, 1.807) is 24.3 Å². The molecule has 1 N–H and O–H groups in total. The molecule has 0 bridgehead atoms. The van der Waals surface area contributed by atoms with Crippen LogP contribution in [0.15, 0.2) is 51.8 Å². The summed E-state index contributed by atoms with van der Waals surface area (Å²) >= 11 is 3.44. The molecule has 1 atom stereocenters. The molecule has 0 unspecified atom stereocenters. The molecule has 1 fully saturated rings. The second-order valence-electron chi connectivity index (χ2n) is 7.16. The van der Waals surface area contributed by atoms with Gasteiger partial charge in [0.2, 0.25) is 15.9 Å². The van der Waals surface area contributed by atoms with E-state index in [0.717, 1.165) is 22.9 Å². The molecule has 1 saturated heterocycles. The number of rotatable bonds is 6. The van der Waals surface area contributed by atoms with Gasteiger partial charge in [0.05, 0.1) is 12.0 Å². The highest BCUT2D eigenvalue weighted by Crippen LogP contribution is 2.28. The molecule has 1 aliphatic heterocycles. The summed E-state index contributed by atoms with van der Waals surface area (Å²) < 4.78 is 33.9. The van der Waals surface area contributed by atoms with Crippen molar-refractivity contribution in [1.29, 1.82) is 0 Å². The number of aryl methyl sites for hydroxylation is 1. The van der Waals surface area contributed by atoms with E-state index in [2.05, 4.69) is 21.2 Å². The zero-order chi connectivity index (χ0) is 21.0. The van der Waals surface area contributed by atoms with Crippen LogP contribution < -0.4 is 10.1 Å². The molecule has 0 aromatic heterocycles. The van der Waals surface area contributed by atoms with Gasteiger partial charge in [0.25, 0.3) is 0 Å². The van der Waals surface area contributed by atoms with E-state index in [4.69, 9.17) is 4.74 Å². The van der Waals surface area contributed by atoms with Gasteiger partial charge < -0.3 is 10.1 Å². The number of amides is 1. The number of methoxy groups -OCH3 is 1. The monoisotopic (exact) mass is 480 g/mol. The predicted octanol–water partition coefficient (Wildman–Crippen LogP) is 4.34. The van der Waals surface area contributed by atoms with E-state index in [1.807, 2.05) is 25.1 Å². The molecule has 2 aromatic carbocycles. The Hall–Kier alpha value is -1.90. The maximum absolute atomic E-state index is 13.2. The summed E-state index contributed by atoms with van der Waals surface area (Å²) in [6.45, 7) is 2.37. The Morgan fingerprint density at radius 3 is 2.59 bits per heavy atom. The maximum atomic E-state index is 13.2. The van der Waals surface area contributed by atoms with Crippen LogP contribution in [0.4, 0.5) is 5.69 Å². The number of nitrogens with zero attached hydrogens (tertiary/aromatic N) is 1. The quantitative estimate of drug-likeness (QED) is 0.666. The van der Waals surface area contributed by atoms with Gasteiger partial charge in [-0.1, -0.05) is 22.4 Å². The molecule has 6 nitrogen and oxygen atoms in total. The molecular formula is C21H25BrN2O4S. The number of carbonyl (C=O) groups excluding carboxylic acids is 1. The van der Waals surface area contributed by atoms with Crippen LogP contribution in [-0.2, 0) is 14.8 Å². The van der Waals surface area contributed by atoms with Crippen molar-refractivity contribution in [3.05, 3.63) is 52.5 Å². The van der Waals surface area contributed by atoms with Gasteiger partial charge in [0, 0.05) is 29.2 Å². The van der Waals surface area contributed by atoms with Crippen LogP contribution in [0.3, 0.4) is 0 Å². The lowest BCUT2D eigenvalue weighted by Crippen LogP contribution is -2.45. The van der Waals surface area contributed by atoms with E-state index in [9.17, 15) is 13.2 Å². The summed E-state index contributed by atoms with van der Waals surface area (Å²) in [7, 11) is -2.14. The molecular weight excluding hydrogens is 456 g/mol. The Kier molecular flexibility index (Phi) is 6.97. The highest BCUT2D eigenvalue weighted by Gasteiger charge is 2.34. The number of halogens is 1. The van der Waals surface area contributed by atoms with E-state index in [1.165, 1.54) is 11.4 Å². The fourth-order valence-electron chi connectivity index (χ4n) is 3.53. The van der Waals surface area contributed by atoms with Gasteiger partial charge in [-0.3, -0.25) is 4.79 Å². The van der Waals surface area contributed by atoms with Gasteiger partial charge in [-0.05, 0) is 67.8 Å². The first-order valence-corrected chi connectivity index (χ1v) is 11.8. The molecule has 8 heteroatoms. The number of ether oxygens (including phenoxy) is 1. The van der Waals surface area contributed by atoms with Crippen LogP contribution in [0, 0.1) is 6.92 Å². The zero-order valence-electron chi connectivity index (χ0n) is 16.5. The molecule has 0 saturated carbocycles. The molecule has 29 heavy (non-hydrogen) atoms.